The van der Waals surface area contributed by atoms with Crippen molar-refractivity contribution in [2.75, 3.05) is 6.16 Å². The molecule has 0 aliphatic carbocycles. The van der Waals surface area contributed by atoms with Crippen LogP contribution in [0.5, 0.6) is 0 Å². The van der Waals surface area contributed by atoms with E-state index in [1.807, 2.05) is 0 Å². The van der Waals surface area contributed by atoms with E-state index < -0.39 is 0 Å². The van der Waals surface area contributed by atoms with Crippen LogP contribution in [-0.2, 0) is 20.4 Å². The predicted octanol–water partition coefficient (Wildman–Crippen LogP) is 5.00. The van der Waals surface area contributed by atoms with Crippen LogP contribution in [0, 0.1) is 0 Å². The molecule has 0 radical (unpaired) electrons. The van der Waals surface area contributed by atoms with Gasteiger partial charge in [-0.3, -0.25) is 0 Å². The first-order valence-electron chi connectivity index (χ1n) is 6.08. The SMILES string of the molecule is CC(C)P(CC=Cc1ccccc1)C(C)C.[Pd]. The average Bonchev–Trinajstić information content (AvgIpc) is 2.24. The van der Waals surface area contributed by atoms with E-state index in [0.29, 0.717) is 0 Å². The predicted molar refractivity (Wildman–Crippen MR) is 77.5 cm³/mol. The van der Waals surface area contributed by atoms with Gasteiger partial charge in [0.25, 0.3) is 0 Å². The molecule has 0 spiro atoms. The van der Waals surface area contributed by atoms with Gasteiger partial charge >= 0.3 is 0 Å². The summed E-state index contributed by atoms with van der Waals surface area (Å²) in [6.07, 6.45) is 5.85. The van der Waals surface area contributed by atoms with Crippen LogP contribution in [0.25, 0.3) is 6.08 Å². The van der Waals surface area contributed by atoms with Gasteiger partial charge in [0.15, 0.2) is 0 Å². The van der Waals surface area contributed by atoms with Crippen LogP contribution >= 0.6 is 7.92 Å². The summed E-state index contributed by atoms with van der Waals surface area (Å²) in [5.41, 5.74) is 2.97. The van der Waals surface area contributed by atoms with Gasteiger partial charge in [-0.2, -0.15) is 0 Å². The first-order valence-corrected chi connectivity index (χ1v) is 7.75. The molecule has 0 aliphatic heterocycles. The molecule has 17 heavy (non-hydrogen) atoms. The molecule has 1 aromatic carbocycles. The Balaban J connectivity index is 0.00000256. The van der Waals surface area contributed by atoms with Crippen LogP contribution in [0.2, 0.25) is 0 Å². The Labute approximate surface area is 121 Å². The summed E-state index contributed by atoms with van der Waals surface area (Å²) in [7, 11) is 0.138. The Morgan fingerprint density at radius 1 is 1.00 bits per heavy atom. The van der Waals surface area contributed by atoms with Crippen LogP contribution in [-0.4, -0.2) is 17.5 Å². The molecule has 0 nitrogen and oxygen atoms in total. The van der Waals surface area contributed by atoms with Gasteiger partial charge in [0.2, 0.25) is 0 Å². The first kappa shape index (κ1) is 17.1. The Bertz CT molecular complexity index is 309. The van der Waals surface area contributed by atoms with Gasteiger partial charge in [-0.15, -0.1) is 0 Å². The van der Waals surface area contributed by atoms with E-state index in [1.165, 1.54) is 11.7 Å². The van der Waals surface area contributed by atoms with Crippen molar-refractivity contribution in [3.63, 3.8) is 0 Å². The third kappa shape index (κ3) is 6.52. The van der Waals surface area contributed by atoms with Gasteiger partial charge in [0, 0.05) is 20.4 Å². The molecular formula is C15H23PPd. The van der Waals surface area contributed by atoms with E-state index >= 15 is 0 Å². The molecule has 0 saturated heterocycles. The second kappa shape index (κ2) is 9.05. The summed E-state index contributed by atoms with van der Waals surface area (Å²) in [6, 6.07) is 10.6. The van der Waals surface area contributed by atoms with Crippen molar-refractivity contribution >= 4 is 14.0 Å². The zero-order valence-electron chi connectivity index (χ0n) is 11.2. The molecule has 0 bridgehead atoms. The number of rotatable bonds is 5. The minimum absolute atomic E-state index is 0. The molecule has 98 valence electrons. The van der Waals surface area contributed by atoms with Gasteiger partial charge in [-0.1, -0.05) is 78.1 Å². The smallest absolute Gasteiger partial charge is 0 e. The quantitative estimate of drug-likeness (QED) is 0.523. The molecule has 0 atom stereocenters. The molecule has 0 unspecified atom stereocenters. The van der Waals surface area contributed by atoms with Gasteiger partial charge in [-0.05, 0) is 23.0 Å². The molecule has 1 rings (SSSR count). The fourth-order valence-electron chi connectivity index (χ4n) is 1.89. The molecule has 0 saturated carbocycles. The molecule has 0 fully saturated rings. The van der Waals surface area contributed by atoms with Crippen molar-refractivity contribution in [2.45, 2.75) is 39.0 Å². The van der Waals surface area contributed by atoms with Crippen LogP contribution < -0.4 is 0 Å². The summed E-state index contributed by atoms with van der Waals surface area (Å²) >= 11 is 0. The molecule has 0 heterocycles. The van der Waals surface area contributed by atoms with Crippen molar-refractivity contribution in [3.05, 3.63) is 42.0 Å². The van der Waals surface area contributed by atoms with Crippen molar-refractivity contribution in [2.24, 2.45) is 0 Å². The fourth-order valence-corrected chi connectivity index (χ4v) is 4.28. The maximum atomic E-state index is 2.35. The first-order chi connectivity index (χ1) is 7.61. The van der Waals surface area contributed by atoms with Crippen LogP contribution in [0.15, 0.2) is 36.4 Å². The summed E-state index contributed by atoms with van der Waals surface area (Å²) < 4.78 is 0. The summed E-state index contributed by atoms with van der Waals surface area (Å²) in [4.78, 5) is 0. The number of allylic oxidation sites excluding steroid dienone is 1. The van der Waals surface area contributed by atoms with E-state index in [4.69, 9.17) is 0 Å². The van der Waals surface area contributed by atoms with Crippen molar-refractivity contribution in [3.8, 4) is 0 Å². The number of hydrogen-bond donors (Lipinski definition) is 0. The average molecular weight is 341 g/mol. The van der Waals surface area contributed by atoms with E-state index in [1.54, 1.807) is 0 Å². The molecule has 1 aromatic rings. The van der Waals surface area contributed by atoms with Crippen LogP contribution in [0.3, 0.4) is 0 Å². The topological polar surface area (TPSA) is 0 Å². The van der Waals surface area contributed by atoms with E-state index in [9.17, 15) is 0 Å². The van der Waals surface area contributed by atoms with Crippen LogP contribution in [0.4, 0.5) is 0 Å². The fraction of sp³-hybridized carbons (Fsp3) is 0.467. The van der Waals surface area contributed by atoms with E-state index in [-0.39, 0.29) is 28.3 Å². The third-order valence-corrected chi connectivity index (χ3v) is 6.04. The standard InChI is InChI=1S/C15H23P.Pd/c1-13(2)16(14(3)4)12-8-11-15-9-6-5-7-10-15;/h5-11,13-14H,12H2,1-4H3;. The summed E-state index contributed by atoms with van der Waals surface area (Å²) in [6.45, 7) is 9.40. The molecule has 0 N–H and O–H groups in total. The zero-order valence-corrected chi connectivity index (χ0v) is 13.6. The Morgan fingerprint density at radius 3 is 2.00 bits per heavy atom. The normalized spacial score (nSPS) is 11.5. The van der Waals surface area contributed by atoms with Gasteiger partial charge < -0.3 is 0 Å². The maximum absolute atomic E-state index is 2.35. The molecular weight excluding hydrogens is 318 g/mol. The van der Waals surface area contributed by atoms with Crippen molar-refractivity contribution in [1.29, 1.82) is 0 Å². The second-order valence-corrected chi connectivity index (χ2v) is 8.16. The van der Waals surface area contributed by atoms with Crippen LogP contribution in [0.1, 0.15) is 33.3 Å². The molecule has 2 heteroatoms. The van der Waals surface area contributed by atoms with Crippen molar-refractivity contribution in [1.82, 2.24) is 0 Å². The van der Waals surface area contributed by atoms with E-state index in [0.717, 1.165) is 11.3 Å². The summed E-state index contributed by atoms with van der Waals surface area (Å²) in [5.74, 6) is 0. The molecule has 0 amide bonds. The molecule has 0 aliphatic rings. The van der Waals surface area contributed by atoms with E-state index in [2.05, 4.69) is 70.2 Å². The summed E-state index contributed by atoms with van der Waals surface area (Å²) in [5, 5.41) is 0. The Morgan fingerprint density at radius 2 is 1.53 bits per heavy atom. The third-order valence-electron chi connectivity index (χ3n) is 2.75. The Kier molecular flexibility index (Phi) is 9.07. The van der Waals surface area contributed by atoms with Gasteiger partial charge in [0.1, 0.15) is 0 Å². The number of hydrogen-bond acceptors (Lipinski definition) is 0. The Hall–Kier alpha value is 0.0523. The zero-order chi connectivity index (χ0) is 12.0. The minimum atomic E-state index is 0. The largest absolute Gasteiger partial charge is 0.0976 e. The second-order valence-electron chi connectivity index (χ2n) is 4.70. The monoisotopic (exact) mass is 340 g/mol. The van der Waals surface area contributed by atoms with Crippen molar-refractivity contribution < 1.29 is 20.4 Å². The van der Waals surface area contributed by atoms with Gasteiger partial charge in [-0.25, -0.2) is 0 Å². The molecule has 0 aromatic heterocycles. The maximum Gasteiger partial charge on any atom is 0 e. The minimum Gasteiger partial charge on any atom is -0.0976 e. The number of benzene rings is 1. The van der Waals surface area contributed by atoms with Gasteiger partial charge in [0.05, 0.1) is 0 Å².